The number of aryl methyl sites for hydroxylation is 2. The smallest absolute Gasteiger partial charge is 0.307 e. The molecule has 0 fully saturated rings. The van der Waals surface area contributed by atoms with Gasteiger partial charge in [0.25, 0.3) is 5.91 Å². The van der Waals surface area contributed by atoms with Gasteiger partial charge in [0.2, 0.25) is 5.88 Å². The summed E-state index contributed by atoms with van der Waals surface area (Å²) in [5.74, 6) is 0.275. The topological polar surface area (TPSA) is 104 Å². The number of hydrogen-bond acceptors (Lipinski definition) is 6. The Morgan fingerprint density at radius 1 is 1.32 bits per heavy atom. The third kappa shape index (κ3) is 4.40. The molecule has 3 N–H and O–H groups in total. The average Bonchev–Trinajstić information content (AvgIpc) is 2.96. The summed E-state index contributed by atoms with van der Waals surface area (Å²) in [6.45, 7) is 4.04. The molecule has 146 valence electrons. The molecular weight excluding hydrogens is 378 g/mol. The van der Waals surface area contributed by atoms with Gasteiger partial charge in [0, 0.05) is 24.7 Å². The quantitative estimate of drug-likeness (QED) is 0.591. The van der Waals surface area contributed by atoms with Gasteiger partial charge in [-0.15, -0.1) is 0 Å². The first-order chi connectivity index (χ1) is 13.4. The number of carbonyl (C=O) groups is 1. The standard InChI is InChI=1S/C20H21N3O4S/c1-11-6-12(2)17(21-9-11)19(25)22-10-14-7-13(4-5-15(14)27-3)8-16-18(24)23-20(26)28-16/h4-7,9,24H,8,10H2,1-3H3,(H,22,25)(H,23,26). The van der Waals surface area contributed by atoms with E-state index in [9.17, 15) is 14.7 Å². The Morgan fingerprint density at radius 2 is 2.11 bits per heavy atom. The van der Waals surface area contributed by atoms with Gasteiger partial charge < -0.3 is 15.2 Å². The second kappa shape index (κ2) is 8.26. The van der Waals surface area contributed by atoms with Crippen molar-refractivity contribution in [2.24, 2.45) is 0 Å². The zero-order valence-corrected chi connectivity index (χ0v) is 16.6. The van der Waals surface area contributed by atoms with Gasteiger partial charge in [-0.05, 0) is 42.7 Å². The summed E-state index contributed by atoms with van der Waals surface area (Å²) in [5.41, 5.74) is 3.89. The van der Waals surface area contributed by atoms with Crippen LogP contribution >= 0.6 is 11.3 Å². The van der Waals surface area contributed by atoms with Gasteiger partial charge in [-0.3, -0.25) is 19.6 Å². The number of ether oxygens (including phenoxy) is 1. The fourth-order valence-corrected chi connectivity index (χ4v) is 3.71. The summed E-state index contributed by atoms with van der Waals surface area (Å²) in [6, 6.07) is 7.47. The van der Waals surface area contributed by atoms with E-state index in [1.54, 1.807) is 19.4 Å². The lowest BCUT2D eigenvalue weighted by atomic mass is 10.1. The fraction of sp³-hybridized carbons (Fsp3) is 0.250. The number of pyridine rings is 1. The van der Waals surface area contributed by atoms with E-state index in [0.717, 1.165) is 33.6 Å². The van der Waals surface area contributed by atoms with Crippen LogP contribution < -0.4 is 14.9 Å². The molecule has 0 aliphatic carbocycles. The molecule has 0 radical (unpaired) electrons. The first kappa shape index (κ1) is 19.6. The van der Waals surface area contributed by atoms with Gasteiger partial charge in [0.05, 0.1) is 12.0 Å². The Labute approximate surface area is 166 Å². The number of aromatic amines is 1. The van der Waals surface area contributed by atoms with Crippen molar-refractivity contribution in [3.8, 4) is 11.6 Å². The van der Waals surface area contributed by atoms with Crippen molar-refractivity contribution >= 4 is 17.2 Å². The Bertz CT molecular complexity index is 1070. The molecule has 0 spiro atoms. The van der Waals surface area contributed by atoms with Crippen LogP contribution in [0.25, 0.3) is 0 Å². The lowest BCUT2D eigenvalue weighted by Crippen LogP contribution is -2.25. The molecule has 28 heavy (non-hydrogen) atoms. The Hall–Kier alpha value is -3.13. The van der Waals surface area contributed by atoms with Crippen LogP contribution in [-0.2, 0) is 13.0 Å². The van der Waals surface area contributed by atoms with E-state index in [-0.39, 0.29) is 23.2 Å². The maximum Gasteiger partial charge on any atom is 0.307 e. The first-order valence-electron chi connectivity index (χ1n) is 8.65. The summed E-state index contributed by atoms with van der Waals surface area (Å²) >= 11 is 0.973. The Morgan fingerprint density at radius 3 is 2.75 bits per heavy atom. The molecule has 0 unspecified atom stereocenters. The molecule has 3 aromatic rings. The largest absolute Gasteiger partial charge is 0.496 e. The molecule has 3 rings (SSSR count). The monoisotopic (exact) mass is 399 g/mol. The molecule has 0 saturated carbocycles. The SMILES string of the molecule is COc1ccc(Cc2sc(=O)[nH]c2O)cc1CNC(=O)c1ncc(C)cc1C. The number of carbonyl (C=O) groups excluding carboxylic acids is 1. The Balaban J connectivity index is 1.77. The van der Waals surface area contributed by atoms with E-state index in [4.69, 9.17) is 4.74 Å². The number of methoxy groups -OCH3 is 1. The normalized spacial score (nSPS) is 10.7. The first-order valence-corrected chi connectivity index (χ1v) is 9.47. The third-order valence-electron chi connectivity index (χ3n) is 4.28. The summed E-state index contributed by atoms with van der Waals surface area (Å²) in [6.07, 6.45) is 2.07. The van der Waals surface area contributed by atoms with E-state index in [0.29, 0.717) is 22.7 Å². The summed E-state index contributed by atoms with van der Waals surface area (Å²) in [4.78, 5) is 30.7. The number of amides is 1. The molecule has 0 aliphatic rings. The maximum absolute atomic E-state index is 12.5. The zero-order chi connectivity index (χ0) is 20.3. The van der Waals surface area contributed by atoms with Crippen LogP contribution in [0, 0.1) is 13.8 Å². The number of aromatic hydroxyl groups is 1. The minimum atomic E-state index is -0.297. The van der Waals surface area contributed by atoms with Gasteiger partial charge in [0.15, 0.2) is 0 Å². The molecule has 2 aromatic heterocycles. The second-order valence-corrected chi connectivity index (χ2v) is 7.54. The van der Waals surface area contributed by atoms with E-state index in [2.05, 4.69) is 15.3 Å². The number of hydrogen-bond donors (Lipinski definition) is 3. The molecule has 0 saturated heterocycles. The van der Waals surface area contributed by atoms with Crippen molar-refractivity contribution in [3.05, 3.63) is 73.0 Å². The van der Waals surface area contributed by atoms with Crippen LogP contribution in [0.3, 0.4) is 0 Å². The van der Waals surface area contributed by atoms with Crippen molar-refractivity contribution in [1.82, 2.24) is 15.3 Å². The van der Waals surface area contributed by atoms with Crippen molar-refractivity contribution < 1.29 is 14.6 Å². The molecule has 1 aromatic carbocycles. The minimum absolute atomic E-state index is 0.110. The fourth-order valence-electron chi connectivity index (χ4n) is 2.95. The molecule has 0 aliphatic heterocycles. The van der Waals surface area contributed by atoms with Crippen LogP contribution in [0.15, 0.2) is 35.3 Å². The van der Waals surface area contributed by atoms with Crippen LogP contribution in [-0.4, -0.2) is 28.1 Å². The molecule has 0 bridgehead atoms. The van der Waals surface area contributed by atoms with Crippen molar-refractivity contribution in [2.45, 2.75) is 26.8 Å². The van der Waals surface area contributed by atoms with Gasteiger partial charge >= 0.3 is 4.87 Å². The van der Waals surface area contributed by atoms with Crippen LogP contribution in [0.4, 0.5) is 0 Å². The molecule has 0 atom stereocenters. The number of nitrogens with one attached hydrogen (secondary N) is 2. The maximum atomic E-state index is 12.5. The van der Waals surface area contributed by atoms with E-state index in [1.165, 1.54) is 0 Å². The predicted molar refractivity (Wildman–Crippen MR) is 107 cm³/mol. The molecule has 2 heterocycles. The number of rotatable bonds is 6. The van der Waals surface area contributed by atoms with E-state index >= 15 is 0 Å². The van der Waals surface area contributed by atoms with Crippen molar-refractivity contribution in [2.75, 3.05) is 7.11 Å². The van der Waals surface area contributed by atoms with Crippen LogP contribution in [0.2, 0.25) is 0 Å². The molecular formula is C20H21N3O4S. The molecule has 1 amide bonds. The van der Waals surface area contributed by atoms with Gasteiger partial charge in [0.1, 0.15) is 11.4 Å². The summed E-state index contributed by atoms with van der Waals surface area (Å²) in [5, 5.41) is 12.6. The number of benzene rings is 1. The zero-order valence-electron chi connectivity index (χ0n) is 15.8. The lowest BCUT2D eigenvalue weighted by molar-refractivity contribution is 0.0945. The van der Waals surface area contributed by atoms with E-state index < -0.39 is 0 Å². The predicted octanol–water partition coefficient (Wildman–Crippen LogP) is 2.68. The molecule has 7 nitrogen and oxygen atoms in total. The van der Waals surface area contributed by atoms with Crippen molar-refractivity contribution in [3.63, 3.8) is 0 Å². The van der Waals surface area contributed by atoms with Gasteiger partial charge in [-0.2, -0.15) is 0 Å². The molecule has 8 heteroatoms. The van der Waals surface area contributed by atoms with E-state index in [1.807, 2.05) is 32.0 Å². The summed E-state index contributed by atoms with van der Waals surface area (Å²) < 4.78 is 5.39. The number of thiazole rings is 1. The summed E-state index contributed by atoms with van der Waals surface area (Å²) in [7, 11) is 1.57. The third-order valence-corrected chi connectivity index (χ3v) is 5.15. The highest BCUT2D eigenvalue weighted by atomic mass is 32.1. The van der Waals surface area contributed by atoms with Crippen LogP contribution in [0.5, 0.6) is 11.6 Å². The highest BCUT2D eigenvalue weighted by Crippen LogP contribution is 2.25. The number of H-pyrrole nitrogens is 1. The Kier molecular flexibility index (Phi) is 5.79. The van der Waals surface area contributed by atoms with Crippen LogP contribution in [0.1, 0.15) is 37.6 Å². The number of aromatic nitrogens is 2. The minimum Gasteiger partial charge on any atom is -0.496 e. The van der Waals surface area contributed by atoms with Gasteiger partial charge in [-0.25, -0.2) is 0 Å². The average molecular weight is 399 g/mol. The highest BCUT2D eigenvalue weighted by Gasteiger charge is 2.13. The second-order valence-electron chi connectivity index (χ2n) is 6.47. The van der Waals surface area contributed by atoms with Crippen molar-refractivity contribution in [1.29, 1.82) is 0 Å². The number of nitrogens with zero attached hydrogens (tertiary/aromatic N) is 1. The van der Waals surface area contributed by atoms with Gasteiger partial charge in [-0.1, -0.05) is 23.5 Å². The highest BCUT2D eigenvalue weighted by molar-refractivity contribution is 7.09. The lowest BCUT2D eigenvalue weighted by Gasteiger charge is -2.12.